The summed E-state index contributed by atoms with van der Waals surface area (Å²) in [6, 6.07) is 14.7. The molecule has 0 unspecified atom stereocenters. The molecule has 0 fully saturated rings. The van der Waals surface area contributed by atoms with Gasteiger partial charge in [-0.1, -0.05) is 53.7 Å². The van der Waals surface area contributed by atoms with Crippen molar-refractivity contribution in [1.82, 2.24) is 14.5 Å². The van der Waals surface area contributed by atoms with Gasteiger partial charge in [-0.25, -0.2) is 4.98 Å². The van der Waals surface area contributed by atoms with Gasteiger partial charge in [0.1, 0.15) is 6.54 Å². The van der Waals surface area contributed by atoms with Crippen LogP contribution in [0.15, 0.2) is 72.1 Å². The number of hydrogen-bond donors (Lipinski definition) is 1. The maximum absolute atomic E-state index is 13.3. The number of thioether (sulfide) groups is 1. The average molecular weight is 456 g/mol. The minimum absolute atomic E-state index is 0.190. The SMILES string of the molecule is Cc1cccc(CSc2nc3ccncc3n2CC(=O)Nc2ccccc2C(F)(F)F)c1. The van der Waals surface area contributed by atoms with E-state index in [4.69, 9.17) is 0 Å². The Hall–Kier alpha value is -3.33. The standard InChI is InChI=1S/C23H19F3N4OS/c1-15-5-4-6-16(11-15)14-32-22-29-19-9-10-27-12-20(19)30(22)13-21(31)28-18-8-3-2-7-17(18)23(24,25)26/h2-12H,13-14H2,1H3,(H,28,31). The molecule has 0 aliphatic carbocycles. The first kappa shape index (κ1) is 21.9. The van der Waals surface area contributed by atoms with Crippen molar-refractivity contribution in [1.29, 1.82) is 0 Å². The van der Waals surface area contributed by atoms with Gasteiger partial charge in [-0.05, 0) is 30.7 Å². The first-order chi connectivity index (χ1) is 15.3. The van der Waals surface area contributed by atoms with E-state index in [-0.39, 0.29) is 12.2 Å². The van der Waals surface area contributed by atoms with E-state index in [2.05, 4.69) is 21.4 Å². The lowest BCUT2D eigenvalue weighted by atomic mass is 10.1. The second kappa shape index (κ2) is 9.04. The van der Waals surface area contributed by atoms with Gasteiger partial charge < -0.3 is 9.88 Å². The molecule has 0 bridgehead atoms. The third-order valence-electron chi connectivity index (χ3n) is 4.77. The molecule has 0 spiro atoms. The van der Waals surface area contributed by atoms with Crippen molar-refractivity contribution in [2.45, 2.75) is 30.6 Å². The first-order valence-corrected chi connectivity index (χ1v) is 10.7. The van der Waals surface area contributed by atoms with E-state index >= 15 is 0 Å². The summed E-state index contributed by atoms with van der Waals surface area (Å²) in [5, 5.41) is 2.98. The molecule has 1 N–H and O–H groups in total. The zero-order chi connectivity index (χ0) is 22.7. The van der Waals surface area contributed by atoms with Crippen LogP contribution in [0.1, 0.15) is 16.7 Å². The summed E-state index contributed by atoms with van der Waals surface area (Å²) in [5.74, 6) is 0.0546. The van der Waals surface area contributed by atoms with Crippen LogP contribution in [-0.2, 0) is 23.3 Å². The number of alkyl halides is 3. The molecule has 5 nitrogen and oxygen atoms in total. The summed E-state index contributed by atoms with van der Waals surface area (Å²) < 4.78 is 41.5. The Morgan fingerprint density at radius 1 is 1.12 bits per heavy atom. The summed E-state index contributed by atoms with van der Waals surface area (Å²) >= 11 is 1.45. The van der Waals surface area contributed by atoms with Gasteiger partial charge in [0, 0.05) is 11.9 Å². The minimum Gasteiger partial charge on any atom is -0.324 e. The lowest BCUT2D eigenvalue weighted by Gasteiger charge is -2.14. The normalized spacial score (nSPS) is 11.6. The maximum atomic E-state index is 13.3. The number of aromatic nitrogens is 3. The van der Waals surface area contributed by atoms with Crippen LogP contribution in [0.3, 0.4) is 0 Å². The predicted octanol–water partition coefficient (Wildman–Crippen LogP) is 5.69. The third-order valence-corrected chi connectivity index (χ3v) is 5.82. The molecule has 1 amide bonds. The molecule has 0 aliphatic rings. The summed E-state index contributed by atoms with van der Waals surface area (Å²) in [6.07, 6.45) is -1.37. The van der Waals surface area contributed by atoms with E-state index in [1.54, 1.807) is 23.0 Å². The van der Waals surface area contributed by atoms with Crippen LogP contribution >= 0.6 is 11.8 Å². The maximum Gasteiger partial charge on any atom is 0.418 e. The molecule has 0 atom stereocenters. The van der Waals surface area contributed by atoms with E-state index in [0.29, 0.717) is 21.9 Å². The van der Waals surface area contributed by atoms with E-state index in [9.17, 15) is 18.0 Å². The largest absolute Gasteiger partial charge is 0.418 e. The van der Waals surface area contributed by atoms with Gasteiger partial charge in [-0.2, -0.15) is 13.2 Å². The van der Waals surface area contributed by atoms with E-state index in [1.165, 1.54) is 30.0 Å². The Balaban J connectivity index is 1.58. The number of nitrogens with zero attached hydrogens (tertiary/aromatic N) is 3. The number of carbonyl (C=O) groups excluding carboxylic acids is 1. The number of aryl methyl sites for hydroxylation is 1. The molecule has 164 valence electrons. The number of amides is 1. The second-order valence-corrected chi connectivity index (χ2v) is 8.16. The van der Waals surface area contributed by atoms with Crippen LogP contribution in [0.25, 0.3) is 11.0 Å². The zero-order valence-electron chi connectivity index (χ0n) is 17.1. The highest BCUT2D eigenvalue weighted by Gasteiger charge is 2.33. The summed E-state index contributed by atoms with van der Waals surface area (Å²) in [5.41, 5.74) is 2.38. The quantitative estimate of drug-likeness (QED) is 0.379. The fourth-order valence-electron chi connectivity index (χ4n) is 3.33. The summed E-state index contributed by atoms with van der Waals surface area (Å²) in [4.78, 5) is 21.4. The van der Waals surface area contributed by atoms with Crippen molar-refractivity contribution >= 4 is 34.4 Å². The van der Waals surface area contributed by atoms with Gasteiger partial charge in [0.25, 0.3) is 0 Å². The van der Waals surface area contributed by atoms with Crippen LogP contribution in [0.5, 0.6) is 0 Å². The van der Waals surface area contributed by atoms with Crippen LogP contribution < -0.4 is 5.32 Å². The number of para-hydroxylation sites is 1. The zero-order valence-corrected chi connectivity index (χ0v) is 17.9. The van der Waals surface area contributed by atoms with Gasteiger partial charge in [0.05, 0.1) is 28.5 Å². The Morgan fingerprint density at radius 2 is 1.94 bits per heavy atom. The number of rotatable bonds is 6. The highest BCUT2D eigenvalue weighted by molar-refractivity contribution is 7.98. The van der Waals surface area contributed by atoms with Crippen molar-refractivity contribution in [2.75, 3.05) is 5.32 Å². The van der Waals surface area contributed by atoms with Gasteiger partial charge in [0.2, 0.25) is 5.91 Å². The second-order valence-electron chi connectivity index (χ2n) is 7.21. The number of anilines is 1. The number of nitrogens with one attached hydrogen (secondary N) is 1. The fourth-order valence-corrected chi connectivity index (χ4v) is 4.29. The molecule has 2 heterocycles. The fraction of sp³-hybridized carbons (Fsp3) is 0.174. The molecule has 4 aromatic rings. The van der Waals surface area contributed by atoms with Gasteiger partial charge >= 0.3 is 6.18 Å². The van der Waals surface area contributed by atoms with Gasteiger partial charge in [-0.3, -0.25) is 9.78 Å². The van der Waals surface area contributed by atoms with Crippen LogP contribution in [0.2, 0.25) is 0 Å². The lowest BCUT2D eigenvalue weighted by Crippen LogP contribution is -2.21. The van der Waals surface area contributed by atoms with Crippen LogP contribution in [0, 0.1) is 6.92 Å². The highest BCUT2D eigenvalue weighted by Crippen LogP contribution is 2.34. The first-order valence-electron chi connectivity index (χ1n) is 9.76. The van der Waals surface area contributed by atoms with E-state index in [0.717, 1.165) is 17.2 Å². The van der Waals surface area contributed by atoms with Crippen molar-refractivity contribution < 1.29 is 18.0 Å². The Bertz CT molecular complexity index is 1270. The Morgan fingerprint density at radius 3 is 2.72 bits per heavy atom. The molecule has 0 saturated carbocycles. The summed E-state index contributed by atoms with van der Waals surface area (Å²) in [6.45, 7) is 1.82. The third kappa shape index (κ3) is 4.94. The molecule has 0 aliphatic heterocycles. The topological polar surface area (TPSA) is 59.8 Å². The van der Waals surface area contributed by atoms with Crippen molar-refractivity contribution in [2.24, 2.45) is 0 Å². The Kier molecular flexibility index (Phi) is 6.18. The lowest BCUT2D eigenvalue weighted by molar-refractivity contribution is -0.137. The van der Waals surface area contributed by atoms with E-state index in [1.807, 2.05) is 25.1 Å². The average Bonchev–Trinajstić information content (AvgIpc) is 3.09. The monoisotopic (exact) mass is 456 g/mol. The molecule has 9 heteroatoms. The Labute approximate surface area is 186 Å². The molecule has 32 heavy (non-hydrogen) atoms. The molecule has 4 rings (SSSR count). The van der Waals surface area contributed by atoms with Gasteiger partial charge in [-0.15, -0.1) is 0 Å². The molecule has 0 saturated heterocycles. The number of carbonyl (C=O) groups is 1. The van der Waals surface area contributed by atoms with Crippen LogP contribution in [0.4, 0.5) is 18.9 Å². The molecular weight excluding hydrogens is 437 g/mol. The number of pyridine rings is 1. The minimum atomic E-state index is -4.57. The molecule has 0 radical (unpaired) electrons. The number of halogens is 3. The number of benzene rings is 2. The van der Waals surface area contributed by atoms with E-state index < -0.39 is 17.6 Å². The molecule has 2 aromatic carbocycles. The molecular formula is C23H19F3N4OS. The van der Waals surface area contributed by atoms with Crippen molar-refractivity contribution in [3.8, 4) is 0 Å². The highest BCUT2D eigenvalue weighted by atomic mass is 32.2. The smallest absolute Gasteiger partial charge is 0.324 e. The predicted molar refractivity (Wildman–Crippen MR) is 118 cm³/mol. The van der Waals surface area contributed by atoms with Gasteiger partial charge in [0.15, 0.2) is 5.16 Å². The molecule has 2 aromatic heterocycles. The number of fused-ring (bicyclic) bond motifs is 1. The van der Waals surface area contributed by atoms with Crippen molar-refractivity contribution in [3.63, 3.8) is 0 Å². The van der Waals surface area contributed by atoms with Crippen LogP contribution in [-0.4, -0.2) is 20.4 Å². The number of hydrogen-bond acceptors (Lipinski definition) is 4. The summed E-state index contributed by atoms with van der Waals surface area (Å²) in [7, 11) is 0. The number of imidazole rings is 1. The van der Waals surface area contributed by atoms with Crippen molar-refractivity contribution in [3.05, 3.63) is 83.7 Å².